The number of aromatic amines is 1. The highest BCUT2D eigenvalue weighted by Gasteiger charge is 2.13. The number of nitriles is 1. The van der Waals surface area contributed by atoms with Gasteiger partial charge in [0.2, 0.25) is 0 Å². The third-order valence-electron chi connectivity index (χ3n) is 4.92. The molecule has 0 amide bonds. The molecule has 0 aliphatic rings. The van der Waals surface area contributed by atoms with Crippen molar-refractivity contribution in [1.29, 1.82) is 10.7 Å². The van der Waals surface area contributed by atoms with Gasteiger partial charge in [-0.15, -0.1) is 0 Å². The van der Waals surface area contributed by atoms with Crippen molar-refractivity contribution < 1.29 is 0 Å². The maximum Gasteiger partial charge on any atom is 0.185 e. The van der Waals surface area contributed by atoms with E-state index in [0.29, 0.717) is 33.6 Å². The highest BCUT2D eigenvalue weighted by molar-refractivity contribution is 6.43. The molecule has 0 saturated carbocycles. The van der Waals surface area contributed by atoms with Crippen LogP contribution in [0.1, 0.15) is 11.1 Å². The van der Waals surface area contributed by atoms with Gasteiger partial charge >= 0.3 is 0 Å². The van der Waals surface area contributed by atoms with E-state index >= 15 is 0 Å². The molecule has 156 valence electrons. The van der Waals surface area contributed by atoms with Crippen LogP contribution in [-0.4, -0.2) is 17.5 Å². The Morgan fingerprint density at radius 1 is 1.00 bits per heavy atom. The predicted molar refractivity (Wildman–Crippen MR) is 129 cm³/mol. The van der Waals surface area contributed by atoms with Crippen LogP contribution in [-0.2, 0) is 6.42 Å². The molecule has 4 aromatic rings. The van der Waals surface area contributed by atoms with Gasteiger partial charge in [-0.1, -0.05) is 34.8 Å². The van der Waals surface area contributed by atoms with E-state index in [1.165, 1.54) is 0 Å². The summed E-state index contributed by atoms with van der Waals surface area (Å²) in [6.45, 7) is 0.504. The van der Waals surface area contributed by atoms with Crippen LogP contribution in [0.4, 0.5) is 11.4 Å². The Kier molecular flexibility index (Phi) is 5.84. The Morgan fingerprint density at radius 2 is 1.77 bits per heavy atom. The summed E-state index contributed by atoms with van der Waals surface area (Å²) in [5, 5.41) is 26.1. The number of nitrogens with zero attached hydrogens (tertiary/aromatic N) is 1. The van der Waals surface area contributed by atoms with Gasteiger partial charge in [-0.3, -0.25) is 5.41 Å². The van der Waals surface area contributed by atoms with Crippen LogP contribution in [0.2, 0.25) is 15.1 Å². The molecule has 3 aromatic carbocycles. The van der Waals surface area contributed by atoms with Crippen LogP contribution in [0.15, 0.2) is 42.5 Å². The Bertz CT molecular complexity index is 1370. The number of benzene rings is 3. The molecule has 0 spiro atoms. The number of nitrogens with one attached hydrogen (secondary N) is 4. The molecule has 0 saturated heterocycles. The molecule has 0 bridgehead atoms. The van der Waals surface area contributed by atoms with Crippen LogP contribution in [0.25, 0.3) is 21.8 Å². The summed E-state index contributed by atoms with van der Waals surface area (Å²) < 4.78 is 0. The Labute approximate surface area is 193 Å². The zero-order valence-electron chi connectivity index (χ0n) is 16.1. The molecule has 31 heavy (non-hydrogen) atoms. The fraction of sp³-hybridized carbons (Fsp3) is 0.0909. The molecular weight excluding hydrogens is 455 g/mol. The fourth-order valence-electron chi connectivity index (χ4n) is 3.53. The number of anilines is 2. The van der Waals surface area contributed by atoms with E-state index in [1.54, 1.807) is 12.1 Å². The van der Waals surface area contributed by atoms with Crippen molar-refractivity contribution in [2.24, 2.45) is 5.73 Å². The van der Waals surface area contributed by atoms with Crippen molar-refractivity contribution in [2.45, 2.75) is 6.42 Å². The highest BCUT2D eigenvalue weighted by Crippen LogP contribution is 2.36. The number of hydrogen-bond donors (Lipinski definition) is 5. The molecule has 9 heteroatoms. The first-order valence-electron chi connectivity index (χ1n) is 9.33. The second kappa shape index (κ2) is 8.56. The van der Waals surface area contributed by atoms with E-state index < -0.39 is 0 Å². The number of H-pyrrole nitrogens is 1. The summed E-state index contributed by atoms with van der Waals surface area (Å²) in [5.74, 6) is -0.0778. The van der Waals surface area contributed by atoms with Crippen LogP contribution in [0.3, 0.4) is 0 Å². The molecule has 6 N–H and O–H groups in total. The monoisotopic (exact) mass is 470 g/mol. The summed E-state index contributed by atoms with van der Waals surface area (Å²) in [6, 6.07) is 15.0. The third-order valence-corrected chi connectivity index (χ3v) is 5.97. The Morgan fingerprint density at radius 3 is 2.52 bits per heavy atom. The molecule has 0 radical (unpaired) electrons. The summed E-state index contributed by atoms with van der Waals surface area (Å²) in [7, 11) is 0. The van der Waals surface area contributed by atoms with E-state index in [9.17, 15) is 5.26 Å². The summed E-state index contributed by atoms with van der Waals surface area (Å²) >= 11 is 18.5. The Balaban J connectivity index is 1.83. The smallest absolute Gasteiger partial charge is 0.185 e. The van der Waals surface area contributed by atoms with Gasteiger partial charge in [-0.2, -0.15) is 5.26 Å². The van der Waals surface area contributed by atoms with E-state index in [-0.39, 0.29) is 5.96 Å². The lowest BCUT2D eigenvalue weighted by atomic mass is 10.0. The standard InChI is InChI=1S/C22H17Cl3N6/c23-17-2-1-13(6-12(17)10-26)30-14-5-11(3-4-29-22(27)28)21-16(7-14)15-8-18(24)19(25)9-20(15)31-21/h1-2,5-9,30-31H,3-4H2,(H4,27,28,29). The topological polar surface area (TPSA) is 114 Å². The molecule has 0 atom stereocenters. The number of rotatable bonds is 5. The van der Waals surface area contributed by atoms with Crippen molar-refractivity contribution in [3.8, 4) is 6.07 Å². The SMILES string of the molecule is N#Cc1cc(Nc2cc(CCNC(=N)N)c3[nH]c4cc(Cl)c(Cl)cc4c3c2)ccc1Cl. The first-order chi connectivity index (χ1) is 14.9. The van der Waals surface area contributed by atoms with E-state index in [4.69, 9.17) is 45.9 Å². The summed E-state index contributed by atoms with van der Waals surface area (Å²) in [4.78, 5) is 3.43. The molecular formula is C22H17Cl3N6. The first kappa shape index (κ1) is 21.1. The van der Waals surface area contributed by atoms with Crippen LogP contribution in [0, 0.1) is 16.7 Å². The molecule has 0 fully saturated rings. The minimum atomic E-state index is -0.0778. The predicted octanol–water partition coefficient (Wildman–Crippen LogP) is 5.92. The van der Waals surface area contributed by atoms with Gasteiger partial charge in [-0.25, -0.2) is 0 Å². The average molecular weight is 472 g/mol. The van der Waals surface area contributed by atoms with Gasteiger partial charge in [-0.05, 0) is 54.4 Å². The molecule has 4 rings (SSSR count). The highest BCUT2D eigenvalue weighted by atomic mass is 35.5. The minimum Gasteiger partial charge on any atom is -0.370 e. The van der Waals surface area contributed by atoms with E-state index in [0.717, 1.165) is 38.7 Å². The van der Waals surface area contributed by atoms with Crippen LogP contribution >= 0.6 is 34.8 Å². The van der Waals surface area contributed by atoms with Gasteiger partial charge in [0.25, 0.3) is 0 Å². The normalized spacial score (nSPS) is 10.9. The molecule has 0 unspecified atom stereocenters. The number of hydrogen-bond acceptors (Lipinski definition) is 3. The minimum absolute atomic E-state index is 0.0778. The quantitative estimate of drug-likeness (QED) is 0.183. The third kappa shape index (κ3) is 4.35. The Hall–Kier alpha value is -3.11. The van der Waals surface area contributed by atoms with Crippen molar-refractivity contribution in [2.75, 3.05) is 11.9 Å². The molecule has 6 nitrogen and oxygen atoms in total. The second-order valence-corrected chi connectivity index (χ2v) is 8.24. The van der Waals surface area contributed by atoms with Gasteiger partial charge < -0.3 is 21.4 Å². The van der Waals surface area contributed by atoms with Gasteiger partial charge in [0.15, 0.2) is 5.96 Å². The maximum absolute atomic E-state index is 9.25. The van der Waals surface area contributed by atoms with Crippen molar-refractivity contribution >= 4 is 73.9 Å². The zero-order chi connectivity index (χ0) is 22.1. The average Bonchev–Trinajstić information content (AvgIpc) is 3.07. The van der Waals surface area contributed by atoms with E-state index in [2.05, 4.69) is 21.7 Å². The van der Waals surface area contributed by atoms with Gasteiger partial charge in [0.05, 0.1) is 20.6 Å². The largest absolute Gasteiger partial charge is 0.370 e. The van der Waals surface area contributed by atoms with Crippen LogP contribution < -0.4 is 16.4 Å². The fourth-order valence-corrected chi connectivity index (χ4v) is 4.01. The van der Waals surface area contributed by atoms with Gasteiger partial charge in [0, 0.05) is 39.7 Å². The number of aromatic nitrogens is 1. The number of fused-ring (bicyclic) bond motifs is 3. The summed E-state index contributed by atoms with van der Waals surface area (Å²) in [6.07, 6.45) is 0.629. The number of guanidine groups is 1. The molecule has 0 aliphatic heterocycles. The second-order valence-electron chi connectivity index (χ2n) is 7.02. The molecule has 0 aliphatic carbocycles. The zero-order valence-corrected chi connectivity index (χ0v) is 18.4. The lowest BCUT2D eigenvalue weighted by molar-refractivity contribution is 0.857. The number of nitrogens with two attached hydrogens (primary N) is 1. The van der Waals surface area contributed by atoms with Crippen molar-refractivity contribution in [3.63, 3.8) is 0 Å². The number of halogens is 3. The molecule has 1 aromatic heterocycles. The van der Waals surface area contributed by atoms with Gasteiger partial charge in [0.1, 0.15) is 6.07 Å². The maximum atomic E-state index is 9.25. The van der Waals surface area contributed by atoms with Crippen molar-refractivity contribution in [1.82, 2.24) is 10.3 Å². The lowest BCUT2D eigenvalue weighted by Crippen LogP contribution is -2.31. The van der Waals surface area contributed by atoms with Crippen LogP contribution in [0.5, 0.6) is 0 Å². The molecule has 1 heterocycles. The van der Waals surface area contributed by atoms with Crippen molar-refractivity contribution in [3.05, 3.63) is 68.7 Å². The first-order valence-corrected chi connectivity index (χ1v) is 10.5. The summed E-state index contributed by atoms with van der Waals surface area (Å²) in [5.41, 5.74) is 10.2. The lowest BCUT2D eigenvalue weighted by Gasteiger charge is -2.12. The van der Waals surface area contributed by atoms with E-state index in [1.807, 2.05) is 30.3 Å².